The molecule has 0 radical (unpaired) electrons. The predicted octanol–water partition coefficient (Wildman–Crippen LogP) is 4.23. The van der Waals surface area contributed by atoms with Crippen LogP contribution < -0.4 is 5.73 Å². The van der Waals surface area contributed by atoms with E-state index in [0.717, 1.165) is 36.8 Å². The van der Waals surface area contributed by atoms with Gasteiger partial charge in [0.05, 0.1) is 5.41 Å². The van der Waals surface area contributed by atoms with Gasteiger partial charge >= 0.3 is 6.17 Å². The second-order valence-corrected chi connectivity index (χ2v) is 9.27. The lowest BCUT2D eigenvalue weighted by atomic mass is 9.66. The van der Waals surface area contributed by atoms with Gasteiger partial charge in [-0.25, -0.2) is 6.57 Å². The standard InChI is InChI=1S/C27H31N3O2/c1-19(13-16-25(31)30-17-7-12-24(30)29-2)18-27(26(28)32)22-10-5-3-8-20(22)14-15-21-9-4-6-11-23(21)27/h3-6,8-11,19,24H,7,12-18H2,1H3,(H2,28,32)/t19-,24+/m1/s1. The van der Waals surface area contributed by atoms with Crippen LogP contribution in [0.3, 0.4) is 0 Å². The summed E-state index contributed by atoms with van der Waals surface area (Å²) in [4.78, 5) is 31.3. The predicted molar refractivity (Wildman–Crippen MR) is 125 cm³/mol. The van der Waals surface area contributed by atoms with E-state index in [9.17, 15) is 9.59 Å². The molecule has 0 spiro atoms. The smallest absolute Gasteiger partial charge is 0.300 e. The van der Waals surface area contributed by atoms with E-state index < -0.39 is 5.41 Å². The topological polar surface area (TPSA) is 67.8 Å². The van der Waals surface area contributed by atoms with Gasteiger partial charge in [0.1, 0.15) is 0 Å². The van der Waals surface area contributed by atoms with Gasteiger partial charge in [-0.3, -0.25) is 19.3 Å². The number of hydrogen-bond donors (Lipinski definition) is 1. The number of primary amides is 1. The molecule has 1 aliphatic carbocycles. The Kier molecular flexibility index (Phi) is 6.32. The van der Waals surface area contributed by atoms with Crippen molar-refractivity contribution in [2.24, 2.45) is 11.7 Å². The number of nitrogens with zero attached hydrogens (tertiary/aromatic N) is 2. The van der Waals surface area contributed by atoms with Crippen molar-refractivity contribution in [1.29, 1.82) is 0 Å². The minimum atomic E-state index is -0.904. The van der Waals surface area contributed by atoms with Crippen LogP contribution in [0.5, 0.6) is 0 Å². The second-order valence-electron chi connectivity index (χ2n) is 9.27. The first-order valence-electron chi connectivity index (χ1n) is 11.6. The Morgan fingerprint density at radius 1 is 1.12 bits per heavy atom. The fourth-order valence-electron chi connectivity index (χ4n) is 5.62. The molecule has 0 aromatic heterocycles. The summed E-state index contributed by atoms with van der Waals surface area (Å²) >= 11 is 0. The molecule has 1 fully saturated rings. The van der Waals surface area contributed by atoms with E-state index in [2.05, 4.69) is 23.9 Å². The maximum atomic E-state index is 13.2. The Hall–Kier alpha value is -3.13. The third-order valence-corrected chi connectivity index (χ3v) is 7.23. The number of nitrogens with two attached hydrogens (primary N) is 1. The molecule has 2 amide bonds. The van der Waals surface area contributed by atoms with E-state index in [1.54, 1.807) is 4.90 Å². The number of aryl methyl sites for hydroxylation is 2. The summed E-state index contributed by atoms with van der Waals surface area (Å²) in [5.41, 5.74) is 9.63. The molecule has 1 saturated heterocycles. The molecule has 0 saturated carbocycles. The lowest BCUT2D eigenvalue weighted by Crippen LogP contribution is -2.44. The van der Waals surface area contributed by atoms with Crippen molar-refractivity contribution < 1.29 is 9.59 Å². The molecule has 2 aromatic rings. The average molecular weight is 430 g/mol. The zero-order chi connectivity index (χ0) is 22.7. The fourth-order valence-corrected chi connectivity index (χ4v) is 5.62. The van der Waals surface area contributed by atoms with Crippen LogP contribution in [0.15, 0.2) is 48.5 Å². The lowest BCUT2D eigenvalue weighted by molar-refractivity contribution is -0.131. The van der Waals surface area contributed by atoms with Gasteiger partial charge in [-0.05, 0) is 60.3 Å². The summed E-state index contributed by atoms with van der Waals surface area (Å²) in [5, 5.41) is 0. The fraction of sp³-hybridized carbons (Fsp3) is 0.444. The first-order valence-corrected chi connectivity index (χ1v) is 11.6. The normalized spacial score (nSPS) is 19.9. The van der Waals surface area contributed by atoms with Crippen LogP contribution in [-0.2, 0) is 27.8 Å². The van der Waals surface area contributed by atoms with Crippen LogP contribution in [0.4, 0.5) is 0 Å². The van der Waals surface area contributed by atoms with Gasteiger partial charge in [-0.1, -0.05) is 55.5 Å². The second kappa shape index (κ2) is 9.16. The van der Waals surface area contributed by atoms with E-state index >= 15 is 0 Å². The highest BCUT2D eigenvalue weighted by molar-refractivity contribution is 5.92. The van der Waals surface area contributed by atoms with E-state index in [-0.39, 0.29) is 23.9 Å². The van der Waals surface area contributed by atoms with Crippen LogP contribution in [0.1, 0.15) is 61.3 Å². The Morgan fingerprint density at radius 3 is 2.28 bits per heavy atom. The minimum absolute atomic E-state index is 0.0464. The van der Waals surface area contributed by atoms with E-state index in [4.69, 9.17) is 12.3 Å². The number of rotatable bonds is 6. The molecule has 2 N–H and O–H groups in total. The largest absolute Gasteiger partial charge is 0.369 e. The molecular formula is C27H31N3O2. The van der Waals surface area contributed by atoms with Gasteiger partial charge in [-0.2, -0.15) is 0 Å². The summed E-state index contributed by atoms with van der Waals surface area (Å²) in [5.74, 6) is -0.171. The number of benzene rings is 2. The Labute approximate surface area is 190 Å². The maximum Gasteiger partial charge on any atom is 0.300 e. The molecule has 32 heavy (non-hydrogen) atoms. The van der Waals surface area contributed by atoms with Crippen molar-refractivity contribution >= 4 is 11.8 Å². The number of fused-ring (bicyclic) bond motifs is 2. The Balaban J connectivity index is 1.62. The highest BCUT2D eigenvalue weighted by Gasteiger charge is 2.45. The van der Waals surface area contributed by atoms with Crippen LogP contribution in [-0.4, -0.2) is 29.4 Å². The van der Waals surface area contributed by atoms with Crippen molar-refractivity contribution in [3.63, 3.8) is 0 Å². The Bertz CT molecular complexity index is 1010. The van der Waals surface area contributed by atoms with Gasteiger partial charge < -0.3 is 5.73 Å². The van der Waals surface area contributed by atoms with E-state index in [1.165, 1.54) is 11.1 Å². The monoisotopic (exact) mass is 429 g/mol. The van der Waals surface area contributed by atoms with Crippen molar-refractivity contribution in [3.05, 3.63) is 82.2 Å². The van der Waals surface area contributed by atoms with Gasteiger partial charge in [0.15, 0.2) is 0 Å². The molecule has 166 valence electrons. The van der Waals surface area contributed by atoms with E-state index in [0.29, 0.717) is 25.8 Å². The summed E-state index contributed by atoms with van der Waals surface area (Å²) in [6.07, 6.45) is 4.73. The summed E-state index contributed by atoms with van der Waals surface area (Å²) in [6.45, 7) is 10.1. The van der Waals surface area contributed by atoms with Crippen molar-refractivity contribution in [1.82, 2.24) is 4.90 Å². The van der Waals surface area contributed by atoms with E-state index in [1.807, 2.05) is 36.4 Å². The number of carbonyl (C=O) groups is 2. The SMILES string of the molecule is [C-]#[N+][C@@H]1CCCN1C(=O)CC[C@@H](C)CC1(C(N)=O)c2ccccc2CCc2ccccc21. The molecule has 0 unspecified atom stereocenters. The zero-order valence-electron chi connectivity index (χ0n) is 18.7. The molecule has 0 bridgehead atoms. The van der Waals surface area contributed by atoms with Crippen molar-refractivity contribution in [2.45, 2.75) is 63.5 Å². The molecule has 2 aliphatic rings. The average Bonchev–Trinajstić information content (AvgIpc) is 3.24. The minimum Gasteiger partial charge on any atom is -0.369 e. The van der Waals surface area contributed by atoms with Gasteiger partial charge in [0, 0.05) is 19.4 Å². The van der Waals surface area contributed by atoms with Crippen LogP contribution in [0, 0.1) is 12.5 Å². The number of hydrogen-bond acceptors (Lipinski definition) is 2. The molecule has 1 heterocycles. The van der Waals surface area contributed by atoms with Crippen LogP contribution in [0.2, 0.25) is 0 Å². The van der Waals surface area contributed by atoms with Gasteiger partial charge in [-0.15, -0.1) is 0 Å². The summed E-state index contributed by atoms with van der Waals surface area (Å²) in [7, 11) is 0. The van der Waals surface area contributed by atoms with Crippen molar-refractivity contribution in [2.75, 3.05) is 6.54 Å². The van der Waals surface area contributed by atoms with Gasteiger partial charge in [0.25, 0.3) is 0 Å². The third-order valence-electron chi connectivity index (χ3n) is 7.23. The maximum absolute atomic E-state index is 13.2. The molecule has 2 atom stereocenters. The molecular weight excluding hydrogens is 398 g/mol. The zero-order valence-corrected chi connectivity index (χ0v) is 18.7. The highest BCUT2D eigenvalue weighted by Crippen LogP contribution is 2.44. The first kappa shape index (κ1) is 22.1. The lowest BCUT2D eigenvalue weighted by Gasteiger charge is -2.35. The van der Waals surface area contributed by atoms with Crippen molar-refractivity contribution in [3.8, 4) is 0 Å². The highest BCUT2D eigenvalue weighted by atomic mass is 16.2. The number of amides is 2. The Morgan fingerprint density at radius 2 is 1.72 bits per heavy atom. The van der Waals surface area contributed by atoms with Crippen LogP contribution in [0.25, 0.3) is 4.85 Å². The summed E-state index contributed by atoms with van der Waals surface area (Å²) in [6, 6.07) is 16.3. The molecule has 1 aliphatic heterocycles. The summed E-state index contributed by atoms with van der Waals surface area (Å²) < 4.78 is 0. The quantitative estimate of drug-likeness (QED) is 0.698. The molecule has 4 rings (SSSR count). The molecule has 2 aromatic carbocycles. The molecule has 5 nitrogen and oxygen atoms in total. The van der Waals surface area contributed by atoms with Crippen LogP contribution >= 0.6 is 0 Å². The molecule has 5 heteroatoms. The van der Waals surface area contributed by atoms with Gasteiger partial charge in [0.2, 0.25) is 11.8 Å². The number of carbonyl (C=O) groups excluding carboxylic acids is 2. The third kappa shape index (κ3) is 3.90. The first-order chi connectivity index (χ1) is 15.5. The number of likely N-dealkylation sites (tertiary alicyclic amines) is 1.